The van der Waals surface area contributed by atoms with E-state index < -0.39 is 0 Å². The normalized spacial score (nSPS) is 24.2. The zero-order valence-corrected chi connectivity index (χ0v) is 12.2. The van der Waals surface area contributed by atoms with Crippen molar-refractivity contribution in [3.8, 4) is 0 Å². The van der Waals surface area contributed by atoms with Gasteiger partial charge in [0, 0.05) is 6.04 Å². The number of benzene rings is 1. The lowest BCUT2D eigenvalue weighted by Gasteiger charge is -2.22. The fourth-order valence-electron chi connectivity index (χ4n) is 3.12. The molecule has 19 heavy (non-hydrogen) atoms. The Kier molecular flexibility index (Phi) is 5.38. The molecule has 0 amide bonds. The van der Waals surface area contributed by atoms with Crippen LogP contribution in [-0.2, 0) is 0 Å². The fourth-order valence-corrected chi connectivity index (χ4v) is 3.12. The van der Waals surface area contributed by atoms with Crippen molar-refractivity contribution < 1.29 is 4.39 Å². The maximum absolute atomic E-state index is 13.4. The Labute approximate surface area is 116 Å². The summed E-state index contributed by atoms with van der Waals surface area (Å²) < 4.78 is 13.4. The molecule has 1 saturated carbocycles. The number of halogens is 1. The minimum Gasteiger partial charge on any atom is -0.314 e. The van der Waals surface area contributed by atoms with E-state index in [-0.39, 0.29) is 5.82 Å². The van der Waals surface area contributed by atoms with Crippen LogP contribution in [0.15, 0.2) is 18.2 Å². The lowest BCUT2D eigenvalue weighted by molar-refractivity contribution is 0.439. The Hall–Kier alpha value is -0.890. The highest BCUT2D eigenvalue weighted by Crippen LogP contribution is 2.32. The van der Waals surface area contributed by atoms with E-state index in [1.54, 1.807) is 6.07 Å². The van der Waals surface area contributed by atoms with Gasteiger partial charge in [-0.1, -0.05) is 31.9 Å². The van der Waals surface area contributed by atoms with Crippen LogP contribution in [0.5, 0.6) is 0 Å². The first kappa shape index (κ1) is 14.5. The van der Waals surface area contributed by atoms with Gasteiger partial charge in [-0.05, 0) is 62.3 Å². The number of rotatable bonds is 4. The van der Waals surface area contributed by atoms with Gasteiger partial charge in [-0.15, -0.1) is 0 Å². The van der Waals surface area contributed by atoms with Gasteiger partial charge >= 0.3 is 0 Å². The molecule has 0 bridgehead atoms. The molecule has 1 N–H and O–H groups in total. The second-order valence-corrected chi connectivity index (χ2v) is 5.88. The van der Waals surface area contributed by atoms with Crippen molar-refractivity contribution in [2.24, 2.45) is 0 Å². The van der Waals surface area contributed by atoms with E-state index in [9.17, 15) is 4.39 Å². The van der Waals surface area contributed by atoms with Gasteiger partial charge in [0.05, 0.1) is 0 Å². The van der Waals surface area contributed by atoms with Crippen LogP contribution in [0.4, 0.5) is 4.39 Å². The van der Waals surface area contributed by atoms with Crippen molar-refractivity contribution in [2.45, 2.75) is 64.3 Å². The van der Waals surface area contributed by atoms with Crippen LogP contribution in [0.25, 0.3) is 0 Å². The molecule has 0 heterocycles. The summed E-state index contributed by atoms with van der Waals surface area (Å²) in [5.74, 6) is 0.509. The average molecular weight is 263 g/mol. The summed E-state index contributed by atoms with van der Waals surface area (Å²) in [6.45, 7) is 5.19. The molecule has 0 spiro atoms. The van der Waals surface area contributed by atoms with Gasteiger partial charge in [-0.2, -0.15) is 0 Å². The van der Waals surface area contributed by atoms with Crippen molar-refractivity contribution >= 4 is 0 Å². The summed E-state index contributed by atoms with van der Waals surface area (Å²) in [5.41, 5.74) is 2.10. The van der Waals surface area contributed by atoms with Crippen LogP contribution in [0.1, 0.15) is 62.5 Å². The first-order valence-electron chi connectivity index (χ1n) is 7.70. The van der Waals surface area contributed by atoms with E-state index in [1.165, 1.54) is 44.1 Å². The number of hydrogen-bond donors (Lipinski definition) is 1. The summed E-state index contributed by atoms with van der Waals surface area (Å²) in [7, 11) is 0. The molecule has 1 aromatic carbocycles. The first-order valence-corrected chi connectivity index (χ1v) is 7.70. The zero-order chi connectivity index (χ0) is 13.7. The lowest BCUT2D eigenvalue weighted by atomic mass is 9.89. The van der Waals surface area contributed by atoms with Gasteiger partial charge in [-0.3, -0.25) is 0 Å². The van der Waals surface area contributed by atoms with Crippen LogP contribution < -0.4 is 5.32 Å². The molecule has 106 valence electrons. The molecule has 2 atom stereocenters. The molecule has 0 saturated heterocycles. The van der Waals surface area contributed by atoms with E-state index in [2.05, 4.69) is 12.2 Å². The molecule has 1 aromatic rings. The minimum absolute atomic E-state index is 0.0852. The Bertz CT molecular complexity index is 402. The van der Waals surface area contributed by atoms with Crippen molar-refractivity contribution in [1.29, 1.82) is 0 Å². The van der Waals surface area contributed by atoms with E-state index in [1.807, 2.05) is 19.1 Å². The molecule has 0 radical (unpaired) electrons. The smallest absolute Gasteiger partial charge is 0.126 e. The maximum Gasteiger partial charge on any atom is 0.126 e. The molecule has 1 nitrogen and oxygen atoms in total. The number of nitrogens with one attached hydrogen (secondary N) is 1. The van der Waals surface area contributed by atoms with Crippen LogP contribution in [0.2, 0.25) is 0 Å². The summed E-state index contributed by atoms with van der Waals surface area (Å²) in [4.78, 5) is 0. The Morgan fingerprint density at radius 3 is 2.79 bits per heavy atom. The van der Waals surface area contributed by atoms with E-state index in [0.717, 1.165) is 12.1 Å². The molecule has 1 aliphatic rings. The topological polar surface area (TPSA) is 12.0 Å². The molecule has 2 heteroatoms. The second kappa shape index (κ2) is 7.04. The monoisotopic (exact) mass is 263 g/mol. The van der Waals surface area contributed by atoms with E-state index in [4.69, 9.17) is 0 Å². The van der Waals surface area contributed by atoms with Crippen molar-refractivity contribution in [3.63, 3.8) is 0 Å². The Balaban J connectivity index is 2.06. The zero-order valence-electron chi connectivity index (χ0n) is 12.2. The largest absolute Gasteiger partial charge is 0.314 e. The molecule has 1 fully saturated rings. The highest BCUT2D eigenvalue weighted by Gasteiger charge is 2.21. The summed E-state index contributed by atoms with van der Waals surface area (Å²) in [6.07, 6.45) is 7.54. The molecular weight excluding hydrogens is 237 g/mol. The van der Waals surface area contributed by atoms with Gasteiger partial charge < -0.3 is 5.32 Å². The van der Waals surface area contributed by atoms with E-state index in [0.29, 0.717) is 12.0 Å². The molecule has 1 aliphatic carbocycles. The predicted octanol–water partition coefficient (Wildman–Crippen LogP) is 4.55. The molecule has 0 aliphatic heterocycles. The van der Waals surface area contributed by atoms with Crippen molar-refractivity contribution in [1.82, 2.24) is 5.32 Å². The van der Waals surface area contributed by atoms with Crippen LogP contribution in [0, 0.1) is 12.7 Å². The minimum atomic E-state index is -0.0852. The van der Waals surface area contributed by atoms with Crippen LogP contribution in [0.3, 0.4) is 0 Å². The molecule has 0 aromatic heterocycles. The van der Waals surface area contributed by atoms with Crippen LogP contribution in [-0.4, -0.2) is 12.6 Å². The third-order valence-corrected chi connectivity index (χ3v) is 4.26. The van der Waals surface area contributed by atoms with E-state index >= 15 is 0 Å². The second-order valence-electron chi connectivity index (χ2n) is 5.88. The van der Waals surface area contributed by atoms with Gasteiger partial charge in [0.1, 0.15) is 5.82 Å². The predicted molar refractivity (Wildman–Crippen MR) is 79.0 cm³/mol. The number of aryl methyl sites for hydroxylation is 1. The highest BCUT2D eigenvalue weighted by atomic mass is 19.1. The van der Waals surface area contributed by atoms with Gasteiger partial charge in [0.2, 0.25) is 0 Å². The Morgan fingerprint density at radius 2 is 2.05 bits per heavy atom. The average Bonchev–Trinajstić information content (AvgIpc) is 2.65. The summed E-state index contributed by atoms with van der Waals surface area (Å²) >= 11 is 0. The lowest BCUT2D eigenvalue weighted by Crippen LogP contribution is -2.30. The molecular formula is C17H26FN. The molecule has 2 rings (SSSR count). The summed E-state index contributed by atoms with van der Waals surface area (Å²) in [5, 5.41) is 3.66. The molecule has 2 unspecified atom stereocenters. The van der Waals surface area contributed by atoms with Gasteiger partial charge in [-0.25, -0.2) is 4.39 Å². The third kappa shape index (κ3) is 4.04. The quantitative estimate of drug-likeness (QED) is 0.786. The Morgan fingerprint density at radius 1 is 1.26 bits per heavy atom. The van der Waals surface area contributed by atoms with Crippen molar-refractivity contribution in [2.75, 3.05) is 6.54 Å². The summed E-state index contributed by atoms with van der Waals surface area (Å²) in [6, 6.07) is 6.29. The number of hydrogen-bond acceptors (Lipinski definition) is 1. The fraction of sp³-hybridized carbons (Fsp3) is 0.647. The first-order chi connectivity index (χ1) is 9.20. The van der Waals surface area contributed by atoms with Gasteiger partial charge in [0.25, 0.3) is 0 Å². The van der Waals surface area contributed by atoms with Crippen LogP contribution >= 0.6 is 0 Å². The third-order valence-electron chi connectivity index (χ3n) is 4.26. The standard InChI is InChI=1S/C17H26FN/c1-3-10-19-16-7-5-4-6-14(12-16)15-8-9-17(18)13(2)11-15/h8-9,11,14,16,19H,3-7,10,12H2,1-2H3. The maximum atomic E-state index is 13.4. The SMILES string of the molecule is CCCNC1CCCCC(c2ccc(F)c(C)c2)C1. The highest BCUT2D eigenvalue weighted by molar-refractivity contribution is 5.27. The van der Waals surface area contributed by atoms with Crippen molar-refractivity contribution in [3.05, 3.63) is 35.1 Å². The van der Waals surface area contributed by atoms with Gasteiger partial charge in [0.15, 0.2) is 0 Å².